The van der Waals surface area contributed by atoms with Gasteiger partial charge in [-0.05, 0) is 70.6 Å². The van der Waals surface area contributed by atoms with Crippen LogP contribution >= 0.6 is 7.82 Å². The smallest absolute Gasteiger partial charge is 0.393 e. The van der Waals surface area contributed by atoms with Crippen molar-refractivity contribution in [3.05, 3.63) is 48.6 Å². The minimum absolute atomic E-state index is 0.267. The predicted molar refractivity (Wildman–Crippen MR) is 252 cm³/mol. The molecule has 14 heteroatoms. The first-order chi connectivity index (χ1) is 30.3. The first-order valence-corrected chi connectivity index (χ1v) is 26.2. The summed E-state index contributed by atoms with van der Waals surface area (Å²) in [5.41, 5.74) is 0. The zero-order valence-corrected chi connectivity index (χ0v) is 39.9. The molecule has 0 saturated heterocycles. The van der Waals surface area contributed by atoms with Crippen LogP contribution in [0.3, 0.4) is 0 Å². The third kappa shape index (κ3) is 30.2. The van der Waals surface area contributed by atoms with Crippen molar-refractivity contribution in [3.8, 4) is 0 Å². The van der Waals surface area contributed by atoms with Gasteiger partial charge in [-0.1, -0.05) is 165 Å². The number of carbonyl (C=O) groups excluding carboxylic acids is 1. The SMILES string of the molecule is CCCCCCCCC/C=C/CC/C=C/CC/C=C/C(O)C(COP(=O)(O)OC1C(O)C(O)C(O)C(O)C1O)NC(=O)CC(O)CCCCC/C=C\CCCCCCCCCCC. The van der Waals surface area contributed by atoms with Crippen LogP contribution in [-0.2, 0) is 18.4 Å². The lowest BCUT2D eigenvalue weighted by molar-refractivity contribution is -0.220. The summed E-state index contributed by atoms with van der Waals surface area (Å²) in [6.07, 6.45) is 32.0. The molecule has 0 aromatic rings. The molecule has 0 heterocycles. The minimum Gasteiger partial charge on any atom is -0.393 e. The molecule has 0 spiro atoms. The normalized spacial score (nSPS) is 23.3. The highest BCUT2D eigenvalue weighted by atomic mass is 31.2. The number of nitrogens with one attached hydrogen (secondary N) is 1. The second kappa shape index (κ2) is 38.4. The Morgan fingerprint density at radius 3 is 1.40 bits per heavy atom. The highest BCUT2D eigenvalue weighted by Crippen LogP contribution is 2.47. The Balaban J connectivity index is 2.57. The van der Waals surface area contributed by atoms with Crippen molar-refractivity contribution in [1.29, 1.82) is 0 Å². The fourth-order valence-electron chi connectivity index (χ4n) is 7.56. The summed E-state index contributed by atoms with van der Waals surface area (Å²) in [5.74, 6) is -0.616. The Morgan fingerprint density at radius 2 is 0.937 bits per heavy atom. The van der Waals surface area contributed by atoms with Gasteiger partial charge in [-0.3, -0.25) is 13.8 Å². The van der Waals surface area contributed by atoms with Crippen molar-refractivity contribution in [1.82, 2.24) is 5.32 Å². The molecule has 1 amide bonds. The number of rotatable bonds is 40. The number of hydrogen-bond acceptors (Lipinski definition) is 11. The van der Waals surface area contributed by atoms with Gasteiger partial charge in [0.1, 0.15) is 36.6 Å². The van der Waals surface area contributed by atoms with Crippen molar-refractivity contribution >= 4 is 13.7 Å². The average Bonchev–Trinajstić information content (AvgIpc) is 3.26. The third-order valence-corrected chi connectivity index (χ3v) is 12.6. The molecule has 1 saturated carbocycles. The fourth-order valence-corrected chi connectivity index (χ4v) is 8.53. The predicted octanol–water partition coefficient (Wildman–Crippen LogP) is 8.70. The van der Waals surface area contributed by atoms with E-state index in [4.69, 9.17) is 9.05 Å². The molecule has 0 bridgehead atoms. The molecule has 0 aromatic heterocycles. The first-order valence-electron chi connectivity index (χ1n) is 24.7. The lowest BCUT2D eigenvalue weighted by atomic mass is 9.85. The van der Waals surface area contributed by atoms with Gasteiger partial charge < -0.3 is 46.0 Å². The summed E-state index contributed by atoms with van der Waals surface area (Å²) in [7, 11) is -5.16. The number of unbranched alkanes of at least 4 members (excludes halogenated alkanes) is 21. The van der Waals surface area contributed by atoms with E-state index in [1.54, 1.807) is 6.08 Å². The molecule has 0 aromatic carbocycles. The summed E-state index contributed by atoms with van der Waals surface area (Å²) in [4.78, 5) is 23.5. The number of amides is 1. The van der Waals surface area contributed by atoms with E-state index in [1.807, 2.05) is 0 Å². The molecule has 9 N–H and O–H groups in total. The maximum atomic E-state index is 13.0. The van der Waals surface area contributed by atoms with Crippen molar-refractivity contribution in [2.24, 2.45) is 0 Å². The molecule has 0 aliphatic heterocycles. The number of allylic oxidation sites excluding steroid dienone is 7. The number of carbonyl (C=O) groups is 1. The first kappa shape index (κ1) is 59.3. The molecule has 63 heavy (non-hydrogen) atoms. The van der Waals surface area contributed by atoms with E-state index >= 15 is 0 Å². The van der Waals surface area contributed by atoms with E-state index in [9.17, 15) is 50.0 Å². The van der Waals surface area contributed by atoms with Gasteiger partial charge >= 0.3 is 7.82 Å². The Kier molecular flexibility index (Phi) is 36.1. The maximum Gasteiger partial charge on any atom is 0.472 e. The van der Waals surface area contributed by atoms with Crippen LogP contribution in [-0.4, -0.2) is 108 Å². The van der Waals surface area contributed by atoms with Crippen LogP contribution in [0.4, 0.5) is 0 Å². The summed E-state index contributed by atoms with van der Waals surface area (Å²) in [6, 6.07) is -1.27. The summed E-state index contributed by atoms with van der Waals surface area (Å²) in [5, 5.41) is 74.5. The van der Waals surface area contributed by atoms with Crippen molar-refractivity contribution in [2.75, 3.05) is 6.61 Å². The third-order valence-electron chi connectivity index (χ3n) is 11.6. The lowest BCUT2D eigenvalue weighted by Crippen LogP contribution is -2.64. The van der Waals surface area contributed by atoms with Crippen LogP contribution in [0.25, 0.3) is 0 Å². The molecule has 1 fully saturated rings. The van der Waals surface area contributed by atoms with Crippen molar-refractivity contribution in [2.45, 2.75) is 249 Å². The Hall–Kier alpha value is -1.74. The molecule has 1 aliphatic carbocycles. The van der Waals surface area contributed by atoms with Crippen molar-refractivity contribution in [3.63, 3.8) is 0 Å². The average molecular weight is 916 g/mol. The minimum atomic E-state index is -5.16. The molecule has 1 rings (SSSR count). The van der Waals surface area contributed by atoms with Crippen LogP contribution in [0.5, 0.6) is 0 Å². The van der Waals surface area contributed by atoms with E-state index in [0.29, 0.717) is 19.3 Å². The molecule has 8 unspecified atom stereocenters. The number of phosphoric ester groups is 1. The van der Waals surface area contributed by atoms with Gasteiger partial charge in [-0.25, -0.2) is 4.57 Å². The molecule has 1 aliphatic rings. The number of hydrogen-bond donors (Lipinski definition) is 9. The molecular formula is C49H90NO12P. The Morgan fingerprint density at radius 1 is 0.556 bits per heavy atom. The highest BCUT2D eigenvalue weighted by Gasteiger charge is 2.51. The maximum absolute atomic E-state index is 13.0. The topological polar surface area (TPSA) is 226 Å². The van der Waals surface area contributed by atoms with E-state index in [-0.39, 0.29) is 6.42 Å². The van der Waals surface area contributed by atoms with Gasteiger partial charge in [0.15, 0.2) is 0 Å². The van der Waals surface area contributed by atoms with E-state index in [2.05, 4.69) is 55.6 Å². The molecule has 368 valence electrons. The van der Waals surface area contributed by atoms with Gasteiger partial charge in [-0.15, -0.1) is 0 Å². The molecule has 13 nitrogen and oxygen atoms in total. The summed E-state index contributed by atoms with van der Waals surface area (Å²) in [6.45, 7) is 3.72. The second-order valence-corrected chi connectivity index (χ2v) is 18.9. The monoisotopic (exact) mass is 916 g/mol. The van der Waals surface area contributed by atoms with Gasteiger partial charge in [0.05, 0.1) is 31.3 Å². The van der Waals surface area contributed by atoms with Crippen LogP contribution in [0.2, 0.25) is 0 Å². The molecule has 0 radical (unpaired) electrons. The lowest BCUT2D eigenvalue weighted by Gasteiger charge is -2.41. The van der Waals surface area contributed by atoms with Crippen LogP contribution in [0.1, 0.15) is 194 Å². The van der Waals surface area contributed by atoms with Gasteiger partial charge in [0, 0.05) is 0 Å². The van der Waals surface area contributed by atoms with E-state index in [0.717, 1.165) is 51.4 Å². The van der Waals surface area contributed by atoms with Gasteiger partial charge in [0.2, 0.25) is 5.91 Å². The van der Waals surface area contributed by atoms with E-state index in [1.165, 1.54) is 109 Å². The fraction of sp³-hybridized carbons (Fsp3) is 0.816. The van der Waals surface area contributed by atoms with Crippen LogP contribution in [0.15, 0.2) is 48.6 Å². The Bertz CT molecular complexity index is 1260. The quantitative estimate of drug-likeness (QED) is 0.0160. The van der Waals surface area contributed by atoms with Crippen LogP contribution in [0, 0.1) is 0 Å². The Labute approximate surface area is 380 Å². The largest absolute Gasteiger partial charge is 0.472 e. The van der Waals surface area contributed by atoms with Gasteiger partial charge in [0.25, 0.3) is 0 Å². The van der Waals surface area contributed by atoms with Gasteiger partial charge in [-0.2, -0.15) is 0 Å². The number of phosphoric acid groups is 1. The number of aliphatic hydroxyl groups is 7. The summed E-state index contributed by atoms with van der Waals surface area (Å²) >= 11 is 0. The van der Waals surface area contributed by atoms with Crippen LogP contribution < -0.4 is 5.32 Å². The standard InChI is InChI=1S/C49H90NO12P/c1-3-5-7-9-11-13-15-17-19-21-23-25-27-29-31-33-35-37-42(52)41(39-61-63(59,60)62-49-47(57)45(55)44(54)46(56)48(49)58)50-43(53)38-40(51)36-34-32-30-28-26-24-22-20-18-16-14-12-10-8-6-4-2/h19,21,24,26-27,29,35,37,40-42,44-49,51-52,54-58H,3-18,20,22-23,25,28,30-34,36,38-39H2,1-2H3,(H,50,53)(H,59,60)/b21-19+,26-24-,29-27+,37-35+. The van der Waals surface area contributed by atoms with E-state index < -0.39 is 75.2 Å². The van der Waals surface area contributed by atoms with Crippen molar-refractivity contribution < 1.29 is 59.0 Å². The number of aliphatic hydroxyl groups excluding tert-OH is 7. The summed E-state index contributed by atoms with van der Waals surface area (Å²) < 4.78 is 22.9. The second-order valence-electron chi connectivity index (χ2n) is 17.5. The highest BCUT2D eigenvalue weighted by molar-refractivity contribution is 7.47. The zero-order chi connectivity index (χ0) is 46.6. The zero-order valence-electron chi connectivity index (χ0n) is 39.0. The molecule has 8 atom stereocenters. The molecular weight excluding hydrogens is 826 g/mol.